The maximum atomic E-state index is 13.2. The summed E-state index contributed by atoms with van der Waals surface area (Å²) in [4.78, 5) is 30.3. The van der Waals surface area contributed by atoms with Crippen molar-refractivity contribution in [1.82, 2.24) is 9.55 Å². The molecule has 32 heavy (non-hydrogen) atoms. The number of hydrogen-bond donors (Lipinski definition) is 1. The van der Waals surface area contributed by atoms with E-state index in [-0.39, 0.29) is 24.7 Å². The van der Waals surface area contributed by atoms with Crippen LogP contribution < -0.4 is 20.3 Å². The largest absolute Gasteiger partial charge is 0.454 e. The first kappa shape index (κ1) is 20.1. The van der Waals surface area contributed by atoms with E-state index in [1.54, 1.807) is 28.8 Å². The van der Waals surface area contributed by atoms with Crippen molar-refractivity contribution in [2.75, 3.05) is 17.9 Å². The van der Waals surface area contributed by atoms with E-state index in [9.17, 15) is 9.59 Å². The molecule has 1 amide bonds. The second kappa shape index (κ2) is 8.76. The highest BCUT2D eigenvalue weighted by Crippen LogP contribution is 2.34. The molecule has 160 valence electrons. The molecular formula is C24H19N3O4S. The van der Waals surface area contributed by atoms with Crippen LogP contribution in [-0.2, 0) is 4.79 Å². The topological polar surface area (TPSA) is 82.5 Å². The van der Waals surface area contributed by atoms with E-state index in [1.165, 1.54) is 11.8 Å². The highest BCUT2D eigenvalue weighted by atomic mass is 32.2. The summed E-state index contributed by atoms with van der Waals surface area (Å²) in [7, 11) is 0. The van der Waals surface area contributed by atoms with Crippen molar-refractivity contribution in [2.24, 2.45) is 0 Å². The van der Waals surface area contributed by atoms with E-state index in [2.05, 4.69) is 5.32 Å². The van der Waals surface area contributed by atoms with E-state index < -0.39 is 0 Å². The van der Waals surface area contributed by atoms with Gasteiger partial charge in [-0.25, -0.2) is 4.98 Å². The predicted molar refractivity (Wildman–Crippen MR) is 124 cm³/mol. The van der Waals surface area contributed by atoms with Crippen LogP contribution in [0.15, 0.2) is 82.7 Å². The molecule has 0 fully saturated rings. The van der Waals surface area contributed by atoms with E-state index in [4.69, 9.17) is 14.5 Å². The number of para-hydroxylation sites is 2. The standard InChI is InChI=1S/C24H19N3O4S/c28-22(25-16-10-11-20-21(14-16)31-15-30-20)12-13-32-24-26-19-9-5-4-8-18(19)23(29)27(24)17-6-2-1-3-7-17/h1-11,14H,12-13,15H2,(H,25,28). The van der Waals surface area contributed by atoms with E-state index >= 15 is 0 Å². The molecule has 1 N–H and O–H groups in total. The lowest BCUT2D eigenvalue weighted by Gasteiger charge is -2.13. The minimum absolute atomic E-state index is 0.130. The molecule has 8 heteroatoms. The molecule has 0 bridgehead atoms. The summed E-state index contributed by atoms with van der Waals surface area (Å²) in [6, 6.07) is 22.0. The number of ether oxygens (including phenoxy) is 2. The maximum Gasteiger partial charge on any atom is 0.266 e. The molecule has 0 unspecified atom stereocenters. The molecule has 4 aromatic rings. The Kier molecular flexibility index (Phi) is 5.51. The van der Waals surface area contributed by atoms with Crippen molar-refractivity contribution >= 4 is 34.3 Å². The Hall–Kier alpha value is -3.78. The molecule has 0 aliphatic carbocycles. The Morgan fingerprint density at radius 2 is 1.78 bits per heavy atom. The van der Waals surface area contributed by atoms with Gasteiger partial charge >= 0.3 is 0 Å². The molecular weight excluding hydrogens is 426 g/mol. The fourth-order valence-electron chi connectivity index (χ4n) is 3.45. The summed E-state index contributed by atoms with van der Waals surface area (Å²) >= 11 is 1.38. The zero-order chi connectivity index (χ0) is 21.9. The van der Waals surface area contributed by atoms with Crippen molar-refractivity contribution in [3.63, 3.8) is 0 Å². The van der Waals surface area contributed by atoms with Crippen molar-refractivity contribution in [1.29, 1.82) is 0 Å². The molecule has 0 spiro atoms. The number of nitrogens with zero attached hydrogens (tertiary/aromatic N) is 2. The molecule has 7 nitrogen and oxygen atoms in total. The number of aromatic nitrogens is 2. The molecule has 0 saturated carbocycles. The number of amides is 1. The minimum atomic E-state index is -0.134. The van der Waals surface area contributed by atoms with E-state index in [0.717, 1.165) is 5.69 Å². The average Bonchev–Trinajstić information content (AvgIpc) is 3.28. The van der Waals surface area contributed by atoms with Gasteiger partial charge in [0.15, 0.2) is 16.7 Å². The zero-order valence-corrected chi connectivity index (χ0v) is 17.8. The lowest BCUT2D eigenvalue weighted by molar-refractivity contribution is -0.115. The number of anilines is 1. The summed E-state index contributed by atoms with van der Waals surface area (Å²) < 4.78 is 12.2. The second-order valence-corrected chi connectivity index (χ2v) is 8.16. The van der Waals surface area contributed by atoms with Crippen LogP contribution in [0.25, 0.3) is 16.6 Å². The third-order valence-electron chi connectivity index (χ3n) is 4.98. The quantitative estimate of drug-likeness (QED) is 0.353. The fraction of sp³-hybridized carbons (Fsp3) is 0.125. The molecule has 1 aliphatic heterocycles. The molecule has 0 saturated heterocycles. The number of hydrogen-bond acceptors (Lipinski definition) is 6. The zero-order valence-electron chi connectivity index (χ0n) is 17.0. The highest BCUT2D eigenvalue weighted by Gasteiger charge is 2.16. The van der Waals surface area contributed by atoms with Gasteiger partial charge in [-0.1, -0.05) is 42.1 Å². The van der Waals surface area contributed by atoms with Crippen LogP contribution in [0.2, 0.25) is 0 Å². The van der Waals surface area contributed by atoms with Crippen molar-refractivity contribution in [2.45, 2.75) is 11.6 Å². The van der Waals surface area contributed by atoms with Gasteiger partial charge in [0.1, 0.15) is 0 Å². The van der Waals surface area contributed by atoms with Gasteiger partial charge in [0, 0.05) is 23.9 Å². The predicted octanol–water partition coefficient (Wildman–Crippen LogP) is 4.24. The van der Waals surface area contributed by atoms with Crippen LogP contribution in [0.4, 0.5) is 5.69 Å². The molecule has 1 aliphatic rings. The lowest BCUT2D eigenvalue weighted by Crippen LogP contribution is -2.22. The smallest absolute Gasteiger partial charge is 0.266 e. The number of carbonyl (C=O) groups is 1. The number of thioether (sulfide) groups is 1. The van der Waals surface area contributed by atoms with E-state index in [1.807, 2.05) is 48.5 Å². The van der Waals surface area contributed by atoms with Crippen molar-refractivity contribution < 1.29 is 14.3 Å². The maximum absolute atomic E-state index is 13.2. The van der Waals surface area contributed by atoms with Crippen LogP contribution in [0.3, 0.4) is 0 Å². The van der Waals surface area contributed by atoms with Gasteiger partial charge in [0.2, 0.25) is 12.7 Å². The minimum Gasteiger partial charge on any atom is -0.454 e. The van der Waals surface area contributed by atoms with Gasteiger partial charge in [-0.05, 0) is 36.4 Å². The summed E-state index contributed by atoms with van der Waals surface area (Å²) in [5.74, 6) is 1.61. The van der Waals surface area contributed by atoms with Gasteiger partial charge in [-0.15, -0.1) is 0 Å². The Morgan fingerprint density at radius 3 is 2.66 bits per heavy atom. The van der Waals surface area contributed by atoms with Crippen molar-refractivity contribution in [3.05, 3.63) is 83.2 Å². The molecule has 2 heterocycles. The van der Waals surface area contributed by atoms with Gasteiger partial charge in [-0.3, -0.25) is 14.2 Å². The highest BCUT2D eigenvalue weighted by molar-refractivity contribution is 7.99. The average molecular weight is 446 g/mol. The van der Waals surface area contributed by atoms with Crippen molar-refractivity contribution in [3.8, 4) is 17.2 Å². The molecule has 1 aromatic heterocycles. The van der Waals surface area contributed by atoms with Crippen LogP contribution in [0.1, 0.15) is 6.42 Å². The Balaban J connectivity index is 1.34. The van der Waals surface area contributed by atoms with E-state index in [0.29, 0.717) is 39.0 Å². The molecule has 3 aromatic carbocycles. The Bertz CT molecular complexity index is 1350. The Morgan fingerprint density at radius 1 is 1.00 bits per heavy atom. The van der Waals surface area contributed by atoms with Crippen LogP contribution in [0.5, 0.6) is 11.5 Å². The summed E-state index contributed by atoms with van der Waals surface area (Å²) in [5.41, 5.74) is 1.89. The normalized spacial score (nSPS) is 12.1. The molecule has 5 rings (SSSR count). The summed E-state index contributed by atoms with van der Waals surface area (Å²) in [5, 5.41) is 3.98. The molecule has 0 atom stereocenters. The van der Waals surface area contributed by atoms with Gasteiger partial charge < -0.3 is 14.8 Å². The number of benzene rings is 3. The monoisotopic (exact) mass is 445 g/mol. The third-order valence-corrected chi connectivity index (χ3v) is 5.92. The lowest BCUT2D eigenvalue weighted by atomic mass is 10.2. The van der Waals surface area contributed by atoms with Gasteiger partial charge in [0.25, 0.3) is 5.56 Å². The number of fused-ring (bicyclic) bond motifs is 2. The second-order valence-electron chi connectivity index (χ2n) is 7.10. The third kappa shape index (κ3) is 4.04. The SMILES string of the molecule is O=C(CCSc1nc2ccccc2c(=O)n1-c1ccccc1)Nc1ccc2c(c1)OCO2. The Labute approximate surface area is 188 Å². The fourth-order valence-corrected chi connectivity index (χ4v) is 4.40. The summed E-state index contributed by atoms with van der Waals surface area (Å²) in [6.07, 6.45) is 0.261. The number of nitrogens with one attached hydrogen (secondary N) is 1. The number of rotatable bonds is 6. The first-order valence-electron chi connectivity index (χ1n) is 10.1. The summed E-state index contributed by atoms with van der Waals surface area (Å²) in [6.45, 7) is 0.186. The van der Waals surface area contributed by atoms with Gasteiger partial charge in [-0.2, -0.15) is 0 Å². The first-order valence-corrected chi connectivity index (χ1v) is 11.1. The molecule has 0 radical (unpaired) electrons. The van der Waals surface area contributed by atoms with Gasteiger partial charge in [0.05, 0.1) is 16.6 Å². The van der Waals surface area contributed by atoms with Crippen LogP contribution in [-0.4, -0.2) is 28.0 Å². The van der Waals surface area contributed by atoms with Crippen LogP contribution in [0, 0.1) is 0 Å². The number of carbonyl (C=O) groups excluding carboxylic acids is 1. The van der Waals surface area contributed by atoms with Crippen LogP contribution >= 0.6 is 11.8 Å². The first-order chi connectivity index (χ1) is 15.7.